The minimum Gasteiger partial charge on any atom is -0.507 e. The van der Waals surface area contributed by atoms with Crippen molar-refractivity contribution < 1.29 is 15.0 Å². The number of aromatic hydroxyl groups is 1. The van der Waals surface area contributed by atoms with Crippen LogP contribution < -0.4 is 0 Å². The standard InChI is InChI=1S/C22H36O3/c1-6-7-8-9-10-11-12-17(15-20(23)24)18-13-16(2)21(25)19(14-18)22(3,4)5/h13-14,17,25H,6-12,15H2,1-5H3,(H,23,24). The van der Waals surface area contributed by atoms with Crippen molar-refractivity contribution in [1.82, 2.24) is 0 Å². The molecule has 0 saturated carbocycles. The van der Waals surface area contributed by atoms with E-state index in [1.807, 2.05) is 19.1 Å². The van der Waals surface area contributed by atoms with Crippen molar-refractivity contribution in [2.75, 3.05) is 0 Å². The van der Waals surface area contributed by atoms with Crippen molar-refractivity contribution in [3.63, 3.8) is 0 Å². The number of unbranched alkanes of at least 4 members (excludes halogenated alkanes) is 5. The molecule has 1 atom stereocenters. The van der Waals surface area contributed by atoms with E-state index in [1.54, 1.807) is 0 Å². The zero-order valence-corrected chi connectivity index (χ0v) is 16.7. The number of phenols is 1. The summed E-state index contributed by atoms with van der Waals surface area (Å²) in [6, 6.07) is 3.99. The monoisotopic (exact) mass is 348 g/mol. The maximum Gasteiger partial charge on any atom is 0.303 e. The Hall–Kier alpha value is -1.51. The molecule has 0 aliphatic heterocycles. The van der Waals surface area contributed by atoms with Gasteiger partial charge in [0.25, 0.3) is 0 Å². The zero-order chi connectivity index (χ0) is 19.0. The topological polar surface area (TPSA) is 57.5 Å². The van der Waals surface area contributed by atoms with E-state index in [2.05, 4.69) is 27.7 Å². The van der Waals surface area contributed by atoms with Crippen LogP contribution in [0.2, 0.25) is 0 Å². The average Bonchev–Trinajstić information content (AvgIpc) is 2.50. The smallest absolute Gasteiger partial charge is 0.303 e. The van der Waals surface area contributed by atoms with Gasteiger partial charge < -0.3 is 10.2 Å². The lowest BCUT2D eigenvalue weighted by Gasteiger charge is -2.25. The van der Waals surface area contributed by atoms with Crippen LogP contribution in [0.15, 0.2) is 12.1 Å². The SMILES string of the molecule is CCCCCCCCC(CC(=O)O)c1cc(C)c(O)c(C(C)(C)C)c1. The van der Waals surface area contributed by atoms with Gasteiger partial charge in [-0.3, -0.25) is 4.79 Å². The number of hydrogen-bond donors (Lipinski definition) is 2. The van der Waals surface area contributed by atoms with Gasteiger partial charge in [-0.2, -0.15) is 0 Å². The quantitative estimate of drug-likeness (QED) is 0.487. The normalized spacial score (nSPS) is 13.0. The number of carboxylic acid groups (broad SMARTS) is 1. The first kappa shape index (κ1) is 21.5. The second-order valence-corrected chi connectivity index (χ2v) is 8.34. The highest BCUT2D eigenvalue weighted by atomic mass is 16.4. The van der Waals surface area contributed by atoms with Gasteiger partial charge in [-0.1, -0.05) is 78.4 Å². The molecule has 142 valence electrons. The number of hydrogen-bond acceptors (Lipinski definition) is 2. The van der Waals surface area contributed by atoms with E-state index in [9.17, 15) is 15.0 Å². The minimum atomic E-state index is -0.751. The molecule has 0 aliphatic rings. The summed E-state index contributed by atoms with van der Waals surface area (Å²) in [5.41, 5.74) is 2.62. The van der Waals surface area contributed by atoms with Gasteiger partial charge >= 0.3 is 5.97 Å². The maximum absolute atomic E-state index is 11.3. The Balaban J connectivity index is 2.91. The predicted molar refractivity (Wildman–Crippen MR) is 105 cm³/mol. The number of benzene rings is 1. The first-order valence-electron chi connectivity index (χ1n) is 9.72. The van der Waals surface area contributed by atoms with Crippen LogP contribution in [0, 0.1) is 6.92 Å². The van der Waals surface area contributed by atoms with Crippen molar-refractivity contribution in [2.45, 2.75) is 97.3 Å². The molecule has 0 heterocycles. The third kappa shape index (κ3) is 7.09. The molecule has 0 amide bonds. The first-order valence-corrected chi connectivity index (χ1v) is 9.72. The van der Waals surface area contributed by atoms with E-state index in [4.69, 9.17) is 0 Å². The van der Waals surface area contributed by atoms with Crippen molar-refractivity contribution in [1.29, 1.82) is 0 Å². The van der Waals surface area contributed by atoms with Crippen molar-refractivity contribution >= 4 is 5.97 Å². The molecule has 0 aromatic heterocycles. The molecule has 1 unspecified atom stereocenters. The fourth-order valence-electron chi connectivity index (χ4n) is 3.38. The van der Waals surface area contributed by atoms with Crippen LogP contribution in [0.4, 0.5) is 0 Å². The van der Waals surface area contributed by atoms with Crippen LogP contribution in [0.3, 0.4) is 0 Å². The molecular formula is C22H36O3. The van der Waals surface area contributed by atoms with Gasteiger partial charge in [-0.05, 0) is 41.4 Å². The molecule has 0 bridgehead atoms. The number of carboxylic acids is 1. The van der Waals surface area contributed by atoms with Crippen LogP contribution in [-0.2, 0) is 10.2 Å². The van der Waals surface area contributed by atoms with Crippen LogP contribution in [0.1, 0.15) is 102 Å². The summed E-state index contributed by atoms with van der Waals surface area (Å²) in [6.07, 6.45) is 8.30. The maximum atomic E-state index is 11.3. The zero-order valence-electron chi connectivity index (χ0n) is 16.7. The molecular weight excluding hydrogens is 312 g/mol. The Morgan fingerprint density at radius 2 is 1.68 bits per heavy atom. The largest absolute Gasteiger partial charge is 0.507 e. The molecule has 2 N–H and O–H groups in total. The lowest BCUT2D eigenvalue weighted by atomic mass is 9.81. The lowest BCUT2D eigenvalue weighted by Crippen LogP contribution is -2.14. The first-order chi connectivity index (χ1) is 11.7. The van der Waals surface area contributed by atoms with Crippen molar-refractivity contribution in [3.8, 4) is 5.75 Å². The third-order valence-corrected chi connectivity index (χ3v) is 4.93. The highest BCUT2D eigenvalue weighted by Gasteiger charge is 2.23. The minimum absolute atomic E-state index is 0.0177. The summed E-state index contributed by atoms with van der Waals surface area (Å²) in [5.74, 6) is -0.395. The molecule has 0 spiro atoms. The van der Waals surface area contributed by atoms with E-state index in [0.29, 0.717) is 5.75 Å². The second kappa shape index (κ2) is 9.84. The van der Waals surface area contributed by atoms with Gasteiger partial charge in [0.2, 0.25) is 0 Å². The number of aliphatic carboxylic acids is 1. The van der Waals surface area contributed by atoms with Crippen LogP contribution in [0.25, 0.3) is 0 Å². The highest BCUT2D eigenvalue weighted by molar-refractivity contribution is 5.68. The number of aryl methyl sites for hydroxylation is 1. The van der Waals surface area contributed by atoms with Gasteiger partial charge in [-0.15, -0.1) is 0 Å². The molecule has 3 heteroatoms. The molecule has 1 aromatic rings. The van der Waals surface area contributed by atoms with Crippen LogP contribution in [-0.4, -0.2) is 16.2 Å². The second-order valence-electron chi connectivity index (χ2n) is 8.34. The van der Waals surface area contributed by atoms with Gasteiger partial charge in [0.15, 0.2) is 0 Å². The Morgan fingerprint density at radius 1 is 1.08 bits per heavy atom. The molecule has 0 aliphatic carbocycles. The van der Waals surface area contributed by atoms with Gasteiger partial charge in [-0.25, -0.2) is 0 Å². The Kier molecular flexibility index (Phi) is 8.47. The molecule has 25 heavy (non-hydrogen) atoms. The molecule has 0 saturated heterocycles. The summed E-state index contributed by atoms with van der Waals surface area (Å²) in [7, 11) is 0. The lowest BCUT2D eigenvalue weighted by molar-refractivity contribution is -0.137. The van der Waals surface area contributed by atoms with Crippen LogP contribution >= 0.6 is 0 Å². The van der Waals surface area contributed by atoms with E-state index in [0.717, 1.165) is 29.5 Å². The Morgan fingerprint density at radius 3 is 2.24 bits per heavy atom. The summed E-state index contributed by atoms with van der Waals surface area (Å²) >= 11 is 0. The van der Waals surface area contributed by atoms with E-state index >= 15 is 0 Å². The summed E-state index contributed by atoms with van der Waals surface area (Å²) < 4.78 is 0. The van der Waals surface area contributed by atoms with Gasteiger partial charge in [0, 0.05) is 0 Å². The summed E-state index contributed by atoms with van der Waals surface area (Å²) in [5, 5.41) is 19.7. The highest BCUT2D eigenvalue weighted by Crippen LogP contribution is 2.37. The Bertz CT molecular complexity index is 555. The molecule has 1 rings (SSSR count). The molecule has 1 aromatic carbocycles. The van der Waals surface area contributed by atoms with Crippen molar-refractivity contribution in [3.05, 3.63) is 28.8 Å². The number of rotatable bonds is 10. The summed E-state index contributed by atoms with van der Waals surface area (Å²) in [6.45, 7) is 10.3. The average molecular weight is 349 g/mol. The molecule has 0 fully saturated rings. The third-order valence-electron chi connectivity index (χ3n) is 4.93. The Labute approximate surface area is 153 Å². The molecule has 0 radical (unpaired) electrons. The fourth-order valence-corrected chi connectivity index (χ4v) is 3.38. The van der Waals surface area contributed by atoms with E-state index in [1.165, 1.54) is 32.1 Å². The number of carbonyl (C=O) groups is 1. The van der Waals surface area contributed by atoms with Gasteiger partial charge in [0.05, 0.1) is 6.42 Å². The van der Waals surface area contributed by atoms with E-state index < -0.39 is 5.97 Å². The number of phenolic OH excluding ortho intramolecular Hbond substituents is 1. The fraction of sp³-hybridized carbons (Fsp3) is 0.682. The van der Waals surface area contributed by atoms with Crippen LogP contribution in [0.5, 0.6) is 5.75 Å². The van der Waals surface area contributed by atoms with Crippen molar-refractivity contribution in [2.24, 2.45) is 0 Å². The predicted octanol–water partition coefficient (Wildman–Crippen LogP) is 6.31. The van der Waals surface area contributed by atoms with Gasteiger partial charge in [0.1, 0.15) is 5.75 Å². The van der Waals surface area contributed by atoms with E-state index in [-0.39, 0.29) is 17.8 Å². The summed E-state index contributed by atoms with van der Waals surface area (Å²) in [4.78, 5) is 11.3. The molecule has 3 nitrogen and oxygen atoms in total.